The van der Waals surface area contributed by atoms with Crippen molar-refractivity contribution in [2.75, 3.05) is 0 Å². The van der Waals surface area contributed by atoms with E-state index < -0.39 is 0 Å². The van der Waals surface area contributed by atoms with Crippen LogP contribution in [0, 0.1) is 0 Å². The van der Waals surface area contributed by atoms with Gasteiger partial charge in [-0.2, -0.15) is 0 Å². The van der Waals surface area contributed by atoms with Crippen LogP contribution < -0.4 is 0 Å². The van der Waals surface area contributed by atoms with E-state index in [0.717, 1.165) is 56.3 Å². The highest BCUT2D eigenvalue weighted by atomic mass is 15.1. The van der Waals surface area contributed by atoms with Crippen molar-refractivity contribution < 1.29 is 0 Å². The molecule has 9 rings (SSSR count). The van der Waals surface area contributed by atoms with Gasteiger partial charge < -0.3 is 0 Å². The average Bonchev–Trinajstić information content (AvgIpc) is 3.51. The van der Waals surface area contributed by atoms with Crippen LogP contribution in [0.3, 0.4) is 0 Å². The number of benzene rings is 5. The summed E-state index contributed by atoms with van der Waals surface area (Å²) in [6.07, 6.45) is 1.83. The molecule has 0 N–H and O–H groups in total. The first-order chi connectivity index (χ1) is 21.6. The van der Waals surface area contributed by atoms with Crippen LogP contribution in [0.5, 0.6) is 0 Å². The van der Waals surface area contributed by atoms with Crippen LogP contribution in [-0.2, 0) is 5.41 Å². The molecule has 0 unspecified atom stereocenters. The fraction of sp³-hybridized carbons (Fsp3) is 0.0750. The fourth-order valence-electron chi connectivity index (χ4n) is 6.98. The minimum absolute atomic E-state index is 0.267. The predicted molar refractivity (Wildman–Crippen MR) is 180 cm³/mol. The van der Waals surface area contributed by atoms with Gasteiger partial charge in [-0.05, 0) is 46.7 Å². The quantitative estimate of drug-likeness (QED) is 0.215. The molecule has 0 saturated heterocycles. The highest BCUT2D eigenvalue weighted by Gasteiger charge is 2.39. The van der Waals surface area contributed by atoms with E-state index in [1.54, 1.807) is 0 Å². The fourth-order valence-corrected chi connectivity index (χ4v) is 6.98. The Labute approximate surface area is 255 Å². The minimum atomic E-state index is -0.267. The summed E-state index contributed by atoms with van der Waals surface area (Å²) in [7, 11) is 0. The van der Waals surface area contributed by atoms with Gasteiger partial charge in [0.15, 0.2) is 5.82 Å². The second-order valence-corrected chi connectivity index (χ2v) is 12.1. The number of aromatic nitrogens is 4. The summed E-state index contributed by atoms with van der Waals surface area (Å²) in [5.41, 5.74) is 10.3. The van der Waals surface area contributed by atoms with Crippen LogP contribution in [0.25, 0.3) is 72.2 Å². The molecular weight excluding hydrogens is 536 g/mol. The Balaban J connectivity index is 1.38. The third-order valence-electron chi connectivity index (χ3n) is 9.20. The van der Waals surface area contributed by atoms with E-state index >= 15 is 0 Å². The van der Waals surface area contributed by atoms with Gasteiger partial charge in [0, 0.05) is 39.1 Å². The lowest BCUT2D eigenvalue weighted by Crippen LogP contribution is -2.18. The van der Waals surface area contributed by atoms with Gasteiger partial charge in [0.2, 0.25) is 0 Å². The highest BCUT2D eigenvalue weighted by Crippen LogP contribution is 2.48. The maximum atomic E-state index is 5.56. The Hall–Kier alpha value is -5.61. The van der Waals surface area contributed by atoms with Crippen molar-refractivity contribution in [1.82, 2.24) is 19.5 Å². The lowest BCUT2D eigenvalue weighted by atomic mass is 9.85. The first-order valence-corrected chi connectivity index (χ1v) is 15.0. The second kappa shape index (κ2) is 9.19. The van der Waals surface area contributed by atoms with Gasteiger partial charge in [0.25, 0.3) is 0 Å². The summed E-state index contributed by atoms with van der Waals surface area (Å²) in [5, 5.41) is 4.83. The zero-order chi connectivity index (χ0) is 29.4. The molecule has 0 saturated carbocycles. The van der Waals surface area contributed by atoms with E-state index in [1.807, 2.05) is 24.4 Å². The lowest BCUT2D eigenvalue weighted by molar-refractivity contribution is 0.635. The minimum Gasteiger partial charge on any atom is -0.292 e. The molecule has 4 nitrogen and oxygen atoms in total. The van der Waals surface area contributed by atoms with Gasteiger partial charge in [0.05, 0.1) is 28.1 Å². The van der Waals surface area contributed by atoms with Gasteiger partial charge in [0.1, 0.15) is 5.69 Å². The van der Waals surface area contributed by atoms with Crippen molar-refractivity contribution in [3.63, 3.8) is 0 Å². The Morgan fingerprint density at radius 1 is 0.568 bits per heavy atom. The molecule has 1 aliphatic rings. The van der Waals surface area contributed by atoms with Crippen LogP contribution in [-0.4, -0.2) is 19.5 Å². The molecule has 3 aromatic heterocycles. The maximum Gasteiger partial charge on any atom is 0.165 e. The molecule has 208 valence electrons. The molecule has 44 heavy (non-hydrogen) atoms. The van der Waals surface area contributed by atoms with Gasteiger partial charge in [-0.25, -0.2) is 9.97 Å². The van der Waals surface area contributed by atoms with E-state index in [2.05, 4.69) is 133 Å². The van der Waals surface area contributed by atoms with Crippen molar-refractivity contribution in [3.05, 3.63) is 145 Å². The molecule has 8 aromatic rings. The number of para-hydroxylation sites is 1. The summed E-state index contributed by atoms with van der Waals surface area (Å²) in [5.74, 6) is 0.836. The van der Waals surface area contributed by atoms with Crippen LogP contribution in [0.2, 0.25) is 0 Å². The van der Waals surface area contributed by atoms with E-state index in [-0.39, 0.29) is 5.41 Å². The molecule has 4 heteroatoms. The zero-order valence-corrected chi connectivity index (χ0v) is 24.5. The van der Waals surface area contributed by atoms with Crippen molar-refractivity contribution in [2.45, 2.75) is 19.3 Å². The van der Waals surface area contributed by atoms with Crippen LogP contribution in [0.15, 0.2) is 134 Å². The Bertz CT molecular complexity index is 2400. The standard InChI is InChI=1S/C40H28N4/c1-40(2)32-15-7-5-14-30(32)37-38(40)42-36(26-20-18-25(19-21-26)33-16-9-10-22-41-33)39(43-37)44-34-17-8-6-13-29(34)31-23-27-11-3-4-12-28(27)24-35(31)44/h3-24H,1-2H3. The summed E-state index contributed by atoms with van der Waals surface area (Å²) in [6, 6.07) is 45.0. The van der Waals surface area contributed by atoms with Gasteiger partial charge in [-0.15, -0.1) is 0 Å². The van der Waals surface area contributed by atoms with Crippen molar-refractivity contribution in [1.29, 1.82) is 0 Å². The third-order valence-corrected chi connectivity index (χ3v) is 9.20. The molecule has 0 aliphatic heterocycles. The van der Waals surface area contributed by atoms with Gasteiger partial charge >= 0.3 is 0 Å². The van der Waals surface area contributed by atoms with Gasteiger partial charge in [-0.1, -0.05) is 111 Å². The average molecular weight is 565 g/mol. The van der Waals surface area contributed by atoms with E-state index in [4.69, 9.17) is 9.97 Å². The highest BCUT2D eigenvalue weighted by molar-refractivity contribution is 6.13. The number of nitrogens with zero attached hydrogens (tertiary/aromatic N) is 4. The molecular formula is C40H28N4. The topological polar surface area (TPSA) is 43.6 Å². The van der Waals surface area contributed by atoms with E-state index in [1.165, 1.54) is 27.1 Å². The van der Waals surface area contributed by atoms with Crippen molar-refractivity contribution in [2.24, 2.45) is 0 Å². The molecule has 1 aliphatic carbocycles. The number of fused-ring (bicyclic) bond motifs is 7. The Morgan fingerprint density at radius 3 is 2.09 bits per heavy atom. The van der Waals surface area contributed by atoms with Crippen LogP contribution in [0.1, 0.15) is 25.1 Å². The van der Waals surface area contributed by atoms with E-state index in [0.29, 0.717) is 0 Å². The second-order valence-electron chi connectivity index (χ2n) is 12.1. The molecule has 0 amide bonds. The number of hydrogen-bond donors (Lipinski definition) is 0. The van der Waals surface area contributed by atoms with E-state index in [9.17, 15) is 0 Å². The molecule has 0 bridgehead atoms. The SMILES string of the molecule is CC1(C)c2ccccc2-c2nc(-n3c4ccccc4c4cc5ccccc5cc43)c(-c3ccc(-c4ccccn4)cc3)nc21. The van der Waals surface area contributed by atoms with Crippen molar-refractivity contribution in [3.8, 4) is 39.6 Å². The van der Waals surface area contributed by atoms with Gasteiger partial charge in [-0.3, -0.25) is 9.55 Å². The smallest absolute Gasteiger partial charge is 0.165 e. The Morgan fingerprint density at radius 2 is 1.27 bits per heavy atom. The first-order valence-electron chi connectivity index (χ1n) is 15.0. The first kappa shape index (κ1) is 24.9. The summed E-state index contributed by atoms with van der Waals surface area (Å²) < 4.78 is 2.32. The summed E-state index contributed by atoms with van der Waals surface area (Å²) in [4.78, 5) is 15.6. The predicted octanol–water partition coefficient (Wildman–Crippen LogP) is 9.76. The number of pyridine rings is 1. The maximum absolute atomic E-state index is 5.56. The third kappa shape index (κ3) is 3.54. The summed E-state index contributed by atoms with van der Waals surface area (Å²) in [6.45, 7) is 4.51. The zero-order valence-electron chi connectivity index (χ0n) is 24.5. The molecule has 0 spiro atoms. The lowest BCUT2D eigenvalue weighted by Gasteiger charge is -2.21. The molecule has 5 aromatic carbocycles. The monoisotopic (exact) mass is 564 g/mol. The largest absolute Gasteiger partial charge is 0.292 e. The number of rotatable bonds is 3. The molecule has 0 fully saturated rings. The van der Waals surface area contributed by atoms with Crippen LogP contribution >= 0.6 is 0 Å². The molecule has 3 heterocycles. The number of hydrogen-bond acceptors (Lipinski definition) is 3. The Kier molecular flexibility index (Phi) is 5.21. The summed E-state index contributed by atoms with van der Waals surface area (Å²) >= 11 is 0. The van der Waals surface area contributed by atoms with Crippen molar-refractivity contribution >= 4 is 32.6 Å². The molecule has 0 atom stereocenters. The van der Waals surface area contributed by atoms with Crippen LogP contribution in [0.4, 0.5) is 0 Å². The molecule has 0 radical (unpaired) electrons. The normalized spacial score (nSPS) is 13.4.